The van der Waals surface area contributed by atoms with E-state index in [2.05, 4.69) is 15.7 Å². The first kappa shape index (κ1) is 9.68. The van der Waals surface area contributed by atoms with E-state index in [1.165, 1.54) is 0 Å². The molecule has 0 radical (unpaired) electrons. The summed E-state index contributed by atoms with van der Waals surface area (Å²) in [4.78, 5) is 4.33. The van der Waals surface area contributed by atoms with Crippen LogP contribution in [0.2, 0.25) is 0 Å². The fourth-order valence-electron chi connectivity index (χ4n) is 1.77. The van der Waals surface area contributed by atoms with Gasteiger partial charge in [-0.1, -0.05) is 0 Å². The number of aromatic nitrogens is 2. The van der Waals surface area contributed by atoms with Crippen LogP contribution in [0.5, 0.6) is 0 Å². The molecule has 1 saturated heterocycles. The lowest BCUT2D eigenvalue weighted by molar-refractivity contribution is 0.186. The molecule has 2 rings (SSSR count). The predicted molar refractivity (Wildman–Crippen MR) is 54.1 cm³/mol. The number of hydrogen-bond acceptors (Lipinski definition) is 3. The molecule has 0 amide bonds. The molecule has 2 unspecified atom stereocenters. The van der Waals surface area contributed by atoms with Gasteiger partial charge in [0.15, 0.2) is 0 Å². The molecule has 0 spiro atoms. The minimum atomic E-state index is 0.179. The summed E-state index contributed by atoms with van der Waals surface area (Å²) in [5.74, 6) is 0. The minimum Gasteiger partial charge on any atom is -0.379 e. The number of ether oxygens (including phenoxy) is 1. The van der Waals surface area contributed by atoms with Crippen molar-refractivity contribution in [1.29, 1.82) is 0 Å². The number of nitrogens with zero attached hydrogens (tertiary/aromatic N) is 2. The van der Waals surface area contributed by atoms with Crippen molar-refractivity contribution in [3.63, 3.8) is 0 Å². The summed E-state index contributed by atoms with van der Waals surface area (Å²) in [6.07, 6.45) is 5.91. The average Bonchev–Trinajstić information content (AvgIpc) is 2.69. The zero-order valence-electron chi connectivity index (χ0n) is 8.52. The van der Waals surface area contributed by atoms with Crippen LogP contribution in [0.25, 0.3) is 0 Å². The van der Waals surface area contributed by atoms with Gasteiger partial charge in [0.05, 0.1) is 24.7 Å². The Balaban J connectivity index is 2.01. The van der Waals surface area contributed by atoms with Gasteiger partial charge in [0.2, 0.25) is 0 Å². The SMILES string of the molecule is CC(N)Cc1cn(C2CCOC2)cn1. The highest BCUT2D eigenvalue weighted by molar-refractivity contribution is 5.00. The first-order valence-corrected chi connectivity index (χ1v) is 5.11. The molecule has 1 fully saturated rings. The summed E-state index contributed by atoms with van der Waals surface area (Å²) in [6, 6.07) is 0.655. The lowest BCUT2D eigenvalue weighted by Gasteiger charge is -2.07. The van der Waals surface area contributed by atoms with E-state index in [4.69, 9.17) is 10.5 Å². The highest BCUT2D eigenvalue weighted by atomic mass is 16.5. The number of rotatable bonds is 3. The van der Waals surface area contributed by atoms with Gasteiger partial charge >= 0.3 is 0 Å². The number of hydrogen-bond donors (Lipinski definition) is 1. The van der Waals surface area contributed by atoms with Crippen LogP contribution < -0.4 is 5.73 Å². The molecule has 14 heavy (non-hydrogen) atoms. The van der Waals surface area contributed by atoms with Gasteiger partial charge in [-0.25, -0.2) is 4.98 Å². The van der Waals surface area contributed by atoms with Gasteiger partial charge in [-0.3, -0.25) is 0 Å². The average molecular weight is 195 g/mol. The largest absolute Gasteiger partial charge is 0.379 e. The van der Waals surface area contributed by atoms with Gasteiger partial charge in [-0.2, -0.15) is 0 Å². The second-order valence-electron chi connectivity index (χ2n) is 4.01. The molecule has 4 heteroatoms. The fraction of sp³-hybridized carbons (Fsp3) is 0.700. The van der Waals surface area contributed by atoms with Crippen molar-refractivity contribution >= 4 is 0 Å². The van der Waals surface area contributed by atoms with E-state index < -0.39 is 0 Å². The molecule has 1 aromatic heterocycles. The second-order valence-corrected chi connectivity index (χ2v) is 4.01. The monoisotopic (exact) mass is 195 g/mol. The molecule has 0 bridgehead atoms. The maximum Gasteiger partial charge on any atom is 0.0952 e. The van der Waals surface area contributed by atoms with E-state index in [-0.39, 0.29) is 6.04 Å². The summed E-state index contributed by atoms with van der Waals surface area (Å²) < 4.78 is 7.47. The first-order valence-electron chi connectivity index (χ1n) is 5.11. The van der Waals surface area contributed by atoms with Gasteiger partial charge in [0.1, 0.15) is 0 Å². The van der Waals surface area contributed by atoms with Crippen molar-refractivity contribution < 1.29 is 4.74 Å². The maximum atomic E-state index is 5.71. The van der Waals surface area contributed by atoms with Crippen molar-refractivity contribution in [1.82, 2.24) is 9.55 Å². The summed E-state index contributed by atoms with van der Waals surface area (Å²) >= 11 is 0. The molecular weight excluding hydrogens is 178 g/mol. The molecule has 2 heterocycles. The predicted octanol–water partition coefficient (Wildman–Crippen LogP) is 0.734. The van der Waals surface area contributed by atoms with Crippen LogP contribution >= 0.6 is 0 Å². The second kappa shape index (κ2) is 4.11. The van der Waals surface area contributed by atoms with Crippen molar-refractivity contribution in [3.05, 3.63) is 18.2 Å². The van der Waals surface area contributed by atoms with Crippen LogP contribution in [0.3, 0.4) is 0 Å². The van der Waals surface area contributed by atoms with E-state index in [0.29, 0.717) is 6.04 Å². The van der Waals surface area contributed by atoms with Gasteiger partial charge in [0.25, 0.3) is 0 Å². The summed E-state index contributed by atoms with van der Waals surface area (Å²) in [6.45, 7) is 3.68. The Labute approximate surface area is 84.1 Å². The topological polar surface area (TPSA) is 53.1 Å². The number of nitrogens with two attached hydrogens (primary N) is 1. The molecule has 2 atom stereocenters. The Hall–Kier alpha value is -0.870. The summed E-state index contributed by atoms with van der Waals surface area (Å²) in [5, 5.41) is 0. The molecule has 0 saturated carbocycles. The Kier molecular flexibility index (Phi) is 2.84. The summed E-state index contributed by atoms with van der Waals surface area (Å²) in [7, 11) is 0. The van der Waals surface area contributed by atoms with Crippen molar-refractivity contribution in [2.45, 2.75) is 31.8 Å². The Bertz CT molecular complexity index is 289. The van der Waals surface area contributed by atoms with Crippen molar-refractivity contribution in [2.75, 3.05) is 13.2 Å². The number of imidazole rings is 1. The summed E-state index contributed by atoms with van der Waals surface area (Å²) in [5.41, 5.74) is 6.79. The van der Waals surface area contributed by atoms with Crippen LogP contribution in [0.4, 0.5) is 0 Å². The minimum absolute atomic E-state index is 0.179. The molecule has 0 aliphatic carbocycles. The molecule has 1 aliphatic heterocycles. The van der Waals surface area contributed by atoms with Gasteiger partial charge in [-0.15, -0.1) is 0 Å². The zero-order valence-corrected chi connectivity index (χ0v) is 8.52. The molecular formula is C10H17N3O. The van der Waals surface area contributed by atoms with Crippen LogP contribution in [0.1, 0.15) is 25.1 Å². The normalized spacial score (nSPS) is 24.0. The fourth-order valence-corrected chi connectivity index (χ4v) is 1.77. The third-order valence-electron chi connectivity index (χ3n) is 2.51. The van der Waals surface area contributed by atoms with Crippen LogP contribution in [0, 0.1) is 0 Å². The van der Waals surface area contributed by atoms with E-state index >= 15 is 0 Å². The van der Waals surface area contributed by atoms with E-state index in [0.717, 1.165) is 31.7 Å². The first-order chi connectivity index (χ1) is 6.75. The third kappa shape index (κ3) is 2.13. The van der Waals surface area contributed by atoms with Gasteiger partial charge in [-0.05, 0) is 13.3 Å². The lowest BCUT2D eigenvalue weighted by Crippen LogP contribution is -2.17. The Morgan fingerprint density at radius 3 is 3.29 bits per heavy atom. The molecule has 0 aromatic carbocycles. The Morgan fingerprint density at radius 1 is 1.79 bits per heavy atom. The highest BCUT2D eigenvalue weighted by Crippen LogP contribution is 2.18. The van der Waals surface area contributed by atoms with E-state index in [1.807, 2.05) is 13.3 Å². The van der Waals surface area contributed by atoms with E-state index in [9.17, 15) is 0 Å². The van der Waals surface area contributed by atoms with Crippen molar-refractivity contribution in [3.8, 4) is 0 Å². The van der Waals surface area contributed by atoms with Crippen molar-refractivity contribution in [2.24, 2.45) is 5.73 Å². The quantitative estimate of drug-likeness (QED) is 0.773. The van der Waals surface area contributed by atoms with Crippen LogP contribution in [0.15, 0.2) is 12.5 Å². The van der Waals surface area contributed by atoms with Gasteiger partial charge in [0, 0.05) is 25.3 Å². The molecule has 1 aromatic rings. The standard InChI is InChI=1S/C10H17N3O/c1-8(11)4-9-5-13(7-12-9)10-2-3-14-6-10/h5,7-8,10H,2-4,6,11H2,1H3. The van der Waals surface area contributed by atoms with Gasteiger partial charge < -0.3 is 15.0 Å². The third-order valence-corrected chi connectivity index (χ3v) is 2.51. The van der Waals surface area contributed by atoms with Crippen LogP contribution in [-0.2, 0) is 11.2 Å². The Morgan fingerprint density at radius 2 is 2.64 bits per heavy atom. The van der Waals surface area contributed by atoms with E-state index in [1.54, 1.807) is 0 Å². The smallest absolute Gasteiger partial charge is 0.0952 e. The molecule has 78 valence electrons. The molecule has 2 N–H and O–H groups in total. The lowest BCUT2D eigenvalue weighted by atomic mass is 10.2. The molecule has 4 nitrogen and oxygen atoms in total. The zero-order chi connectivity index (χ0) is 9.97. The highest BCUT2D eigenvalue weighted by Gasteiger charge is 2.17. The molecule has 1 aliphatic rings. The maximum absolute atomic E-state index is 5.71. The van der Waals surface area contributed by atoms with Crippen LogP contribution in [-0.4, -0.2) is 28.8 Å².